The highest BCUT2D eigenvalue weighted by molar-refractivity contribution is 5.97. The molecule has 3 unspecified atom stereocenters. The van der Waals surface area contributed by atoms with Crippen molar-refractivity contribution in [3.63, 3.8) is 0 Å². The third-order valence-electron chi connectivity index (χ3n) is 7.69. The van der Waals surface area contributed by atoms with E-state index < -0.39 is 35.3 Å². The van der Waals surface area contributed by atoms with Crippen LogP contribution in [0.1, 0.15) is 58.6 Å². The molecule has 8 heteroatoms. The Morgan fingerprint density at radius 3 is 2.15 bits per heavy atom. The highest BCUT2D eigenvalue weighted by atomic mass is 16.6. The Morgan fingerprint density at radius 2 is 1.56 bits per heavy atom. The van der Waals surface area contributed by atoms with E-state index in [1.807, 2.05) is 100 Å². The van der Waals surface area contributed by atoms with Crippen LogP contribution in [0.3, 0.4) is 0 Å². The van der Waals surface area contributed by atoms with Gasteiger partial charge in [-0.15, -0.1) is 0 Å². The molecule has 0 radical (unpaired) electrons. The van der Waals surface area contributed by atoms with Gasteiger partial charge in [-0.1, -0.05) is 60.7 Å². The molecule has 4 rings (SSSR count). The molecule has 0 aliphatic carbocycles. The summed E-state index contributed by atoms with van der Waals surface area (Å²) >= 11 is 0. The van der Waals surface area contributed by atoms with E-state index in [4.69, 9.17) is 14.2 Å². The Kier molecular flexibility index (Phi) is 8.76. The average Bonchev–Trinajstić information content (AvgIpc) is 3.37. The number of benzene rings is 2. The van der Waals surface area contributed by atoms with E-state index >= 15 is 0 Å². The molecule has 39 heavy (non-hydrogen) atoms. The van der Waals surface area contributed by atoms with Crippen LogP contribution >= 0.6 is 0 Å². The first kappa shape index (κ1) is 28.8. The minimum atomic E-state index is -1.07. The SMILES string of the molecule is CC1CCC2(C(=O)CN([C@@H](COCc3ccccc3)C(=O)OCc3ccccc3)C2C)N1C(=O)OC(C)(C)C. The molecule has 2 fully saturated rings. The maximum absolute atomic E-state index is 13.8. The molecule has 1 amide bonds. The summed E-state index contributed by atoms with van der Waals surface area (Å²) in [5.74, 6) is -0.549. The van der Waals surface area contributed by atoms with E-state index in [2.05, 4.69) is 0 Å². The summed E-state index contributed by atoms with van der Waals surface area (Å²) in [6.45, 7) is 9.81. The number of hydrogen-bond acceptors (Lipinski definition) is 7. The lowest BCUT2D eigenvalue weighted by atomic mass is 9.87. The summed E-state index contributed by atoms with van der Waals surface area (Å²) in [6, 6.07) is 17.8. The van der Waals surface area contributed by atoms with Crippen LogP contribution < -0.4 is 0 Å². The molecule has 2 aliphatic rings. The van der Waals surface area contributed by atoms with Crippen LogP contribution in [0.5, 0.6) is 0 Å². The van der Waals surface area contributed by atoms with Gasteiger partial charge in [-0.2, -0.15) is 0 Å². The van der Waals surface area contributed by atoms with Crippen molar-refractivity contribution >= 4 is 17.8 Å². The minimum absolute atomic E-state index is 0.0208. The topological polar surface area (TPSA) is 85.4 Å². The van der Waals surface area contributed by atoms with Gasteiger partial charge < -0.3 is 14.2 Å². The average molecular weight is 537 g/mol. The van der Waals surface area contributed by atoms with Crippen molar-refractivity contribution < 1.29 is 28.6 Å². The Balaban J connectivity index is 1.56. The fourth-order valence-electron chi connectivity index (χ4n) is 5.72. The second-order valence-electron chi connectivity index (χ2n) is 11.5. The molecule has 210 valence electrons. The number of nitrogens with zero attached hydrogens (tertiary/aromatic N) is 2. The summed E-state index contributed by atoms with van der Waals surface area (Å²) in [5.41, 5.74) is 0.0912. The number of amides is 1. The number of ketones is 1. The third kappa shape index (κ3) is 6.34. The first-order valence-corrected chi connectivity index (χ1v) is 13.7. The van der Waals surface area contributed by atoms with E-state index in [-0.39, 0.29) is 31.6 Å². The third-order valence-corrected chi connectivity index (χ3v) is 7.69. The molecule has 2 aromatic carbocycles. The molecular formula is C31H40N2O6. The van der Waals surface area contributed by atoms with Gasteiger partial charge in [0.2, 0.25) is 0 Å². The van der Waals surface area contributed by atoms with Crippen molar-refractivity contribution in [1.82, 2.24) is 9.80 Å². The van der Waals surface area contributed by atoms with Crippen LogP contribution in [0.25, 0.3) is 0 Å². The number of esters is 1. The molecular weight excluding hydrogens is 496 g/mol. The number of hydrogen-bond donors (Lipinski definition) is 0. The normalized spacial score (nSPS) is 24.2. The number of ether oxygens (including phenoxy) is 3. The van der Waals surface area contributed by atoms with Crippen LogP contribution in [0.15, 0.2) is 60.7 Å². The quantitative estimate of drug-likeness (QED) is 0.450. The Hall–Kier alpha value is -3.23. The second kappa shape index (κ2) is 11.9. The van der Waals surface area contributed by atoms with Gasteiger partial charge in [-0.05, 0) is 58.6 Å². The highest BCUT2D eigenvalue weighted by Gasteiger charge is 2.63. The molecule has 0 aromatic heterocycles. The largest absolute Gasteiger partial charge is 0.460 e. The minimum Gasteiger partial charge on any atom is -0.460 e. The lowest BCUT2D eigenvalue weighted by molar-refractivity contribution is -0.155. The summed E-state index contributed by atoms with van der Waals surface area (Å²) in [6.07, 6.45) is 0.690. The molecule has 0 N–H and O–H groups in total. The lowest BCUT2D eigenvalue weighted by Gasteiger charge is -2.41. The maximum Gasteiger partial charge on any atom is 0.411 e. The maximum atomic E-state index is 13.8. The van der Waals surface area contributed by atoms with E-state index in [0.29, 0.717) is 19.4 Å². The zero-order chi connectivity index (χ0) is 28.2. The summed E-state index contributed by atoms with van der Waals surface area (Å²) < 4.78 is 17.4. The zero-order valence-corrected chi connectivity index (χ0v) is 23.6. The van der Waals surface area contributed by atoms with E-state index in [1.54, 1.807) is 4.90 Å². The number of Topliss-reactive ketones (excluding diaryl/α,β-unsaturated/α-hetero) is 1. The Morgan fingerprint density at radius 1 is 0.974 bits per heavy atom. The van der Waals surface area contributed by atoms with Gasteiger partial charge in [0.05, 0.1) is 19.8 Å². The van der Waals surface area contributed by atoms with Crippen LogP contribution in [-0.4, -0.2) is 70.1 Å². The number of carbonyl (C=O) groups is 3. The molecule has 1 spiro atoms. The van der Waals surface area contributed by atoms with Gasteiger partial charge in [0.15, 0.2) is 5.78 Å². The number of likely N-dealkylation sites (tertiary alicyclic amines) is 2. The van der Waals surface area contributed by atoms with Crippen LogP contribution in [0, 0.1) is 0 Å². The predicted octanol–water partition coefficient (Wildman–Crippen LogP) is 4.75. The van der Waals surface area contributed by atoms with Crippen molar-refractivity contribution in [3.05, 3.63) is 71.8 Å². The summed E-state index contributed by atoms with van der Waals surface area (Å²) in [5, 5.41) is 0. The molecule has 8 nitrogen and oxygen atoms in total. The predicted molar refractivity (Wildman–Crippen MR) is 147 cm³/mol. The summed E-state index contributed by atoms with van der Waals surface area (Å²) in [4.78, 5) is 44.1. The zero-order valence-electron chi connectivity index (χ0n) is 23.6. The van der Waals surface area contributed by atoms with Crippen molar-refractivity contribution in [2.75, 3.05) is 13.2 Å². The van der Waals surface area contributed by atoms with Gasteiger partial charge in [0.25, 0.3) is 0 Å². The van der Waals surface area contributed by atoms with Crippen LogP contribution in [0.2, 0.25) is 0 Å². The molecule has 2 heterocycles. The fourth-order valence-corrected chi connectivity index (χ4v) is 5.72. The second-order valence-corrected chi connectivity index (χ2v) is 11.5. The molecule has 2 saturated heterocycles. The number of rotatable bonds is 8. The smallest absolute Gasteiger partial charge is 0.411 e. The van der Waals surface area contributed by atoms with E-state index in [1.165, 1.54) is 0 Å². The highest BCUT2D eigenvalue weighted by Crippen LogP contribution is 2.44. The fraction of sp³-hybridized carbons (Fsp3) is 0.516. The van der Waals surface area contributed by atoms with E-state index in [0.717, 1.165) is 11.1 Å². The first-order valence-electron chi connectivity index (χ1n) is 13.7. The Bertz CT molecular complexity index is 1150. The monoisotopic (exact) mass is 536 g/mol. The van der Waals surface area contributed by atoms with Crippen LogP contribution in [-0.2, 0) is 37.0 Å². The standard InChI is InChI=1S/C31H40N2O6/c1-22-16-17-31(33(22)29(36)39-30(3,4)5)23(2)32(18-27(31)34)26(21-37-19-24-12-8-6-9-13-24)28(35)38-20-25-14-10-7-11-15-25/h6-15,22-23,26H,16-21H2,1-5H3/t22?,23?,26-,31?/m0/s1. The van der Waals surface area contributed by atoms with Gasteiger partial charge >= 0.3 is 12.1 Å². The molecule has 0 bridgehead atoms. The van der Waals surface area contributed by atoms with Crippen molar-refractivity contribution in [1.29, 1.82) is 0 Å². The van der Waals surface area contributed by atoms with Gasteiger partial charge in [0, 0.05) is 12.1 Å². The van der Waals surface area contributed by atoms with Gasteiger partial charge in [-0.25, -0.2) is 4.79 Å². The molecule has 0 saturated carbocycles. The molecule has 4 atom stereocenters. The summed E-state index contributed by atoms with van der Waals surface area (Å²) in [7, 11) is 0. The first-order chi connectivity index (χ1) is 18.5. The molecule has 2 aliphatic heterocycles. The van der Waals surface area contributed by atoms with E-state index in [9.17, 15) is 14.4 Å². The van der Waals surface area contributed by atoms with Gasteiger partial charge in [-0.3, -0.25) is 19.4 Å². The number of carbonyl (C=O) groups excluding carboxylic acids is 3. The molecule has 2 aromatic rings. The lowest BCUT2D eigenvalue weighted by Crippen LogP contribution is -2.61. The van der Waals surface area contributed by atoms with Crippen molar-refractivity contribution in [3.8, 4) is 0 Å². The van der Waals surface area contributed by atoms with Crippen LogP contribution in [0.4, 0.5) is 4.79 Å². The Labute approximate surface area is 231 Å². The van der Waals surface area contributed by atoms with Gasteiger partial charge in [0.1, 0.15) is 23.8 Å². The van der Waals surface area contributed by atoms with Crippen molar-refractivity contribution in [2.45, 2.75) is 89.9 Å². The van der Waals surface area contributed by atoms with Crippen molar-refractivity contribution in [2.24, 2.45) is 0 Å².